The van der Waals surface area contributed by atoms with Gasteiger partial charge in [0.2, 0.25) is 6.10 Å². The molecule has 1 aliphatic rings. The normalized spacial score (nSPS) is 25.6. The SMILES string of the molecule is CC(=O)O[C@@H]1[C@@H](OC(C)=O)C=CC(=O)[C@@H]1OC(C)=O. The van der Waals surface area contributed by atoms with E-state index in [1.54, 1.807) is 0 Å². The van der Waals surface area contributed by atoms with Gasteiger partial charge in [-0.1, -0.05) is 0 Å². The van der Waals surface area contributed by atoms with Crippen LogP contribution in [0.3, 0.4) is 0 Å². The second kappa shape index (κ2) is 6.12. The molecule has 0 aliphatic heterocycles. The van der Waals surface area contributed by atoms with E-state index in [-0.39, 0.29) is 0 Å². The summed E-state index contributed by atoms with van der Waals surface area (Å²) in [5.74, 6) is -2.53. The first-order valence-corrected chi connectivity index (χ1v) is 5.55. The zero-order valence-electron chi connectivity index (χ0n) is 10.7. The van der Waals surface area contributed by atoms with Crippen LogP contribution in [0.1, 0.15) is 20.8 Å². The van der Waals surface area contributed by atoms with Gasteiger partial charge in [-0.15, -0.1) is 0 Å². The topological polar surface area (TPSA) is 96.0 Å². The van der Waals surface area contributed by atoms with E-state index in [9.17, 15) is 19.2 Å². The lowest BCUT2D eigenvalue weighted by Gasteiger charge is -2.31. The summed E-state index contributed by atoms with van der Waals surface area (Å²) in [5.41, 5.74) is 0. The summed E-state index contributed by atoms with van der Waals surface area (Å²) < 4.78 is 14.7. The molecular formula is C12H14O7. The summed E-state index contributed by atoms with van der Waals surface area (Å²) in [6.45, 7) is 3.44. The predicted molar refractivity (Wildman–Crippen MR) is 60.8 cm³/mol. The fourth-order valence-electron chi connectivity index (χ4n) is 1.65. The van der Waals surface area contributed by atoms with Crippen molar-refractivity contribution in [2.75, 3.05) is 0 Å². The van der Waals surface area contributed by atoms with Crippen molar-refractivity contribution in [2.45, 2.75) is 39.1 Å². The Morgan fingerprint density at radius 3 is 1.95 bits per heavy atom. The predicted octanol–water partition coefficient (Wildman–Crippen LogP) is -0.0796. The molecule has 0 saturated heterocycles. The fraction of sp³-hybridized carbons (Fsp3) is 0.500. The molecule has 0 saturated carbocycles. The maximum Gasteiger partial charge on any atom is 0.303 e. The highest BCUT2D eigenvalue weighted by Crippen LogP contribution is 2.20. The molecule has 0 unspecified atom stereocenters. The number of ketones is 1. The van der Waals surface area contributed by atoms with Crippen LogP contribution in [0.4, 0.5) is 0 Å². The van der Waals surface area contributed by atoms with E-state index >= 15 is 0 Å². The minimum Gasteiger partial charge on any atom is -0.454 e. The lowest BCUT2D eigenvalue weighted by molar-refractivity contribution is -0.181. The third-order valence-corrected chi connectivity index (χ3v) is 2.25. The molecule has 1 aliphatic carbocycles. The molecule has 0 amide bonds. The fourth-order valence-corrected chi connectivity index (χ4v) is 1.65. The van der Waals surface area contributed by atoms with Crippen molar-refractivity contribution in [3.63, 3.8) is 0 Å². The van der Waals surface area contributed by atoms with Gasteiger partial charge >= 0.3 is 17.9 Å². The first kappa shape index (κ1) is 14.9. The smallest absolute Gasteiger partial charge is 0.303 e. The lowest BCUT2D eigenvalue weighted by Crippen LogP contribution is -2.50. The monoisotopic (exact) mass is 270 g/mol. The van der Waals surface area contributed by atoms with Gasteiger partial charge in [0, 0.05) is 20.8 Å². The van der Waals surface area contributed by atoms with Gasteiger partial charge in [-0.25, -0.2) is 0 Å². The van der Waals surface area contributed by atoms with E-state index in [0.29, 0.717) is 0 Å². The van der Waals surface area contributed by atoms with Gasteiger partial charge in [0.1, 0.15) is 0 Å². The van der Waals surface area contributed by atoms with Crippen molar-refractivity contribution < 1.29 is 33.4 Å². The number of esters is 3. The number of ether oxygens (including phenoxy) is 3. The van der Waals surface area contributed by atoms with E-state index in [0.717, 1.165) is 19.9 Å². The number of hydrogen-bond donors (Lipinski definition) is 0. The standard InChI is InChI=1S/C12H14O7/c1-6(13)17-10-5-4-9(16)11(18-7(2)14)12(10)19-8(3)15/h4-5,10-12H,1-3H3/t10-,11-,12+/m0/s1. The summed E-state index contributed by atoms with van der Waals surface area (Å²) in [7, 11) is 0. The Labute approximate surface area is 109 Å². The molecule has 19 heavy (non-hydrogen) atoms. The second-order valence-electron chi connectivity index (χ2n) is 3.94. The van der Waals surface area contributed by atoms with Gasteiger partial charge < -0.3 is 14.2 Å². The highest BCUT2D eigenvalue weighted by molar-refractivity contribution is 5.96. The second-order valence-corrected chi connectivity index (χ2v) is 3.94. The maximum absolute atomic E-state index is 11.7. The molecular weight excluding hydrogens is 256 g/mol. The Morgan fingerprint density at radius 1 is 0.947 bits per heavy atom. The summed E-state index contributed by atoms with van der Waals surface area (Å²) >= 11 is 0. The average Bonchev–Trinajstić information content (AvgIpc) is 2.25. The molecule has 7 heteroatoms. The quantitative estimate of drug-likeness (QED) is 0.522. The summed E-state index contributed by atoms with van der Waals surface area (Å²) in [4.78, 5) is 44.6. The molecule has 0 radical (unpaired) electrons. The summed E-state index contributed by atoms with van der Waals surface area (Å²) in [5, 5.41) is 0. The first-order chi connectivity index (χ1) is 8.81. The van der Waals surface area contributed by atoms with Crippen LogP contribution in [0.2, 0.25) is 0 Å². The van der Waals surface area contributed by atoms with Gasteiger partial charge in [0.25, 0.3) is 0 Å². The van der Waals surface area contributed by atoms with Crippen LogP contribution in [0.25, 0.3) is 0 Å². The van der Waals surface area contributed by atoms with Crippen LogP contribution in [0.15, 0.2) is 12.2 Å². The molecule has 0 fully saturated rings. The molecule has 104 valence electrons. The molecule has 7 nitrogen and oxygen atoms in total. The van der Waals surface area contributed by atoms with Crippen molar-refractivity contribution in [3.8, 4) is 0 Å². The average molecular weight is 270 g/mol. The van der Waals surface area contributed by atoms with E-state index in [4.69, 9.17) is 14.2 Å². The Hall–Kier alpha value is -2.18. The van der Waals surface area contributed by atoms with Gasteiger partial charge in [0.05, 0.1) is 0 Å². The molecule has 1 rings (SSSR count). The molecule has 0 aromatic carbocycles. The zero-order chi connectivity index (χ0) is 14.6. The van der Waals surface area contributed by atoms with Crippen LogP contribution in [-0.4, -0.2) is 42.0 Å². The van der Waals surface area contributed by atoms with Crippen LogP contribution in [0, 0.1) is 0 Å². The summed E-state index contributed by atoms with van der Waals surface area (Å²) in [6.07, 6.45) is -1.04. The Kier molecular flexibility index (Phi) is 4.80. The number of carbonyl (C=O) groups excluding carboxylic acids is 4. The van der Waals surface area contributed by atoms with Crippen molar-refractivity contribution in [1.82, 2.24) is 0 Å². The number of carbonyl (C=O) groups is 4. The van der Waals surface area contributed by atoms with Crippen molar-refractivity contribution in [2.24, 2.45) is 0 Å². The van der Waals surface area contributed by atoms with Crippen LogP contribution in [0.5, 0.6) is 0 Å². The van der Waals surface area contributed by atoms with Gasteiger partial charge in [-0.05, 0) is 12.2 Å². The Balaban J connectivity index is 3.00. The molecule has 0 N–H and O–H groups in total. The third-order valence-electron chi connectivity index (χ3n) is 2.25. The Morgan fingerprint density at radius 2 is 1.47 bits per heavy atom. The highest BCUT2D eigenvalue weighted by Gasteiger charge is 2.42. The van der Waals surface area contributed by atoms with Crippen molar-refractivity contribution in [1.29, 1.82) is 0 Å². The zero-order valence-corrected chi connectivity index (χ0v) is 10.7. The molecule has 0 bridgehead atoms. The van der Waals surface area contributed by atoms with E-state index in [1.165, 1.54) is 13.0 Å². The van der Waals surface area contributed by atoms with E-state index < -0.39 is 42.0 Å². The first-order valence-electron chi connectivity index (χ1n) is 5.55. The van der Waals surface area contributed by atoms with Crippen LogP contribution < -0.4 is 0 Å². The third kappa shape index (κ3) is 4.20. The molecule has 0 aromatic heterocycles. The van der Waals surface area contributed by atoms with E-state index in [1.807, 2.05) is 0 Å². The van der Waals surface area contributed by atoms with Crippen molar-refractivity contribution >= 4 is 23.7 Å². The minimum absolute atomic E-state index is 0.537. The van der Waals surface area contributed by atoms with Crippen LogP contribution in [-0.2, 0) is 33.4 Å². The van der Waals surface area contributed by atoms with E-state index in [2.05, 4.69) is 0 Å². The minimum atomic E-state index is -1.31. The summed E-state index contributed by atoms with van der Waals surface area (Å²) in [6, 6.07) is 0. The molecule has 0 heterocycles. The molecule has 0 aromatic rings. The molecule has 3 atom stereocenters. The van der Waals surface area contributed by atoms with Crippen LogP contribution >= 0.6 is 0 Å². The number of rotatable bonds is 3. The van der Waals surface area contributed by atoms with Gasteiger partial charge in [-0.2, -0.15) is 0 Å². The maximum atomic E-state index is 11.7. The van der Waals surface area contributed by atoms with Gasteiger partial charge in [-0.3, -0.25) is 19.2 Å². The molecule has 0 spiro atoms. The number of hydrogen-bond acceptors (Lipinski definition) is 7. The lowest BCUT2D eigenvalue weighted by atomic mass is 9.97. The Bertz CT molecular complexity index is 437. The van der Waals surface area contributed by atoms with Crippen molar-refractivity contribution in [3.05, 3.63) is 12.2 Å². The highest BCUT2D eigenvalue weighted by atomic mass is 16.6. The largest absolute Gasteiger partial charge is 0.454 e. The van der Waals surface area contributed by atoms with Gasteiger partial charge in [0.15, 0.2) is 18.0 Å².